The van der Waals surface area contributed by atoms with E-state index in [1.807, 2.05) is 35.0 Å². The summed E-state index contributed by atoms with van der Waals surface area (Å²) < 4.78 is 7.17. The highest BCUT2D eigenvalue weighted by Gasteiger charge is 2.40. The number of aromatic nitrogens is 1. The first-order valence-electron chi connectivity index (χ1n) is 9.83. The Kier molecular flexibility index (Phi) is 5.78. The summed E-state index contributed by atoms with van der Waals surface area (Å²) in [5.41, 5.74) is 2.53. The molecule has 4 rings (SSSR count). The lowest BCUT2D eigenvalue weighted by atomic mass is 10.1. The van der Waals surface area contributed by atoms with Crippen molar-refractivity contribution < 1.29 is 14.3 Å². The van der Waals surface area contributed by atoms with E-state index < -0.39 is 11.9 Å². The summed E-state index contributed by atoms with van der Waals surface area (Å²) in [6.07, 6.45) is 7.17. The Morgan fingerprint density at radius 3 is 1.86 bits per heavy atom. The summed E-state index contributed by atoms with van der Waals surface area (Å²) in [6.45, 7) is 3.01. The highest BCUT2D eigenvalue weighted by atomic mass is 32.1. The molecule has 0 bridgehead atoms. The van der Waals surface area contributed by atoms with Gasteiger partial charge in [-0.2, -0.15) is 0 Å². The number of carbonyl (C=O) groups excluding carboxylic acids is 2. The maximum absolute atomic E-state index is 12.5. The molecule has 0 unspecified atom stereocenters. The van der Waals surface area contributed by atoms with Gasteiger partial charge in [0.2, 0.25) is 0 Å². The van der Waals surface area contributed by atoms with E-state index in [-0.39, 0.29) is 0 Å². The Morgan fingerprint density at radius 2 is 1.36 bits per heavy atom. The van der Waals surface area contributed by atoms with Gasteiger partial charge in [0, 0.05) is 6.54 Å². The van der Waals surface area contributed by atoms with Gasteiger partial charge in [-0.1, -0.05) is 51.2 Å². The Labute approximate surface area is 172 Å². The van der Waals surface area contributed by atoms with Crippen molar-refractivity contribution in [2.75, 3.05) is 0 Å². The number of hydrogen-bond donors (Lipinski definition) is 0. The van der Waals surface area contributed by atoms with Crippen LogP contribution in [-0.4, -0.2) is 16.5 Å². The van der Waals surface area contributed by atoms with Crippen molar-refractivity contribution in [3.63, 3.8) is 0 Å². The smallest absolute Gasteiger partial charge is 0.349 e. The van der Waals surface area contributed by atoms with Crippen molar-refractivity contribution in [2.45, 2.75) is 52.0 Å². The maximum Gasteiger partial charge on any atom is 0.349 e. The van der Waals surface area contributed by atoms with E-state index in [4.69, 9.17) is 4.74 Å². The molecule has 1 aliphatic rings. The number of ether oxygens (including phenoxy) is 1. The van der Waals surface area contributed by atoms with Crippen LogP contribution in [-0.2, 0) is 11.3 Å². The number of cyclic esters (lactones) is 2. The molecule has 0 aliphatic carbocycles. The predicted octanol–water partition coefficient (Wildman–Crippen LogP) is 6.62. The minimum atomic E-state index is -0.525. The van der Waals surface area contributed by atoms with Gasteiger partial charge >= 0.3 is 11.9 Å². The standard InChI is InChI=1S/C22H23NO3S2/c1-2-3-4-5-6-7-12-23-19(15-10-8-13-27-15)17-18(22(25)26-21(17)24)20(23)16-11-9-14-28-16/h8-11,13-14H,2-7,12H2,1H3. The highest BCUT2D eigenvalue weighted by molar-refractivity contribution is 7.14. The van der Waals surface area contributed by atoms with Crippen LogP contribution >= 0.6 is 22.7 Å². The fourth-order valence-electron chi connectivity index (χ4n) is 3.82. The summed E-state index contributed by atoms with van der Waals surface area (Å²) in [4.78, 5) is 27.0. The zero-order valence-electron chi connectivity index (χ0n) is 15.9. The molecule has 0 spiro atoms. The maximum atomic E-state index is 12.5. The number of hydrogen-bond acceptors (Lipinski definition) is 5. The lowest BCUT2D eigenvalue weighted by molar-refractivity contribution is 0.0443. The number of carbonyl (C=O) groups is 2. The monoisotopic (exact) mass is 413 g/mol. The van der Waals surface area contributed by atoms with Crippen molar-refractivity contribution in [3.8, 4) is 21.1 Å². The predicted molar refractivity (Wildman–Crippen MR) is 114 cm³/mol. The van der Waals surface area contributed by atoms with E-state index in [0.717, 1.165) is 40.5 Å². The average Bonchev–Trinajstić information content (AvgIpc) is 3.45. The molecule has 0 atom stereocenters. The van der Waals surface area contributed by atoms with Gasteiger partial charge in [-0.15, -0.1) is 22.7 Å². The molecule has 0 fully saturated rings. The van der Waals surface area contributed by atoms with Crippen LogP contribution in [0.25, 0.3) is 21.1 Å². The third-order valence-corrected chi connectivity index (χ3v) is 6.85. The molecule has 4 heterocycles. The van der Waals surface area contributed by atoms with Crippen LogP contribution in [0.5, 0.6) is 0 Å². The van der Waals surface area contributed by atoms with E-state index in [1.165, 1.54) is 25.7 Å². The molecule has 0 radical (unpaired) electrons. The molecule has 6 heteroatoms. The normalized spacial score (nSPS) is 13.2. The van der Waals surface area contributed by atoms with Gasteiger partial charge in [0.15, 0.2) is 0 Å². The number of thiophene rings is 2. The first kappa shape index (κ1) is 19.2. The Morgan fingerprint density at radius 1 is 0.821 bits per heavy atom. The fraction of sp³-hybridized carbons (Fsp3) is 0.364. The zero-order chi connectivity index (χ0) is 19.5. The SMILES string of the molecule is CCCCCCCCn1c(-c2cccs2)c2c(c1-c1cccs1)C(=O)OC2=O. The number of rotatable bonds is 9. The van der Waals surface area contributed by atoms with Crippen molar-refractivity contribution in [1.29, 1.82) is 0 Å². The first-order chi connectivity index (χ1) is 13.7. The van der Waals surface area contributed by atoms with Crippen LogP contribution in [0.3, 0.4) is 0 Å². The highest BCUT2D eigenvalue weighted by Crippen LogP contribution is 2.43. The van der Waals surface area contributed by atoms with Gasteiger partial charge in [0.05, 0.1) is 21.1 Å². The van der Waals surface area contributed by atoms with Crippen molar-refractivity contribution in [3.05, 3.63) is 46.2 Å². The third-order valence-electron chi connectivity index (χ3n) is 5.10. The van der Waals surface area contributed by atoms with Crippen LogP contribution in [0.2, 0.25) is 0 Å². The largest absolute Gasteiger partial charge is 0.386 e. The molecule has 0 aromatic carbocycles. The molecule has 3 aromatic rings. The molecule has 3 aromatic heterocycles. The number of nitrogens with zero attached hydrogens (tertiary/aromatic N) is 1. The van der Waals surface area contributed by atoms with Gasteiger partial charge in [-0.25, -0.2) is 9.59 Å². The van der Waals surface area contributed by atoms with E-state index >= 15 is 0 Å². The Balaban J connectivity index is 1.76. The second-order valence-electron chi connectivity index (χ2n) is 7.00. The van der Waals surface area contributed by atoms with Crippen LogP contribution in [0.4, 0.5) is 0 Å². The third kappa shape index (κ3) is 3.47. The van der Waals surface area contributed by atoms with Crippen molar-refractivity contribution in [2.24, 2.45) is 0 Å². The van der Waals surface area contributed by atoms with Gasteiger partial charge in [0.1, 0.15) is 11.1 Å². The number of unbranched alkanes of at least 4 members (excludes halogenated alkanes) is 5. The topological polar surface area (TPSA) is 48.3 Å². The fourth-order valence-corrected chi connectivity index (χ4v) is 5.38. The molecular formula is C22H23NO3S2. The first-order valence-corrected chi connectivity index (χ1v) is 11.6. The van der Waals surface area contributed by atoms with E-state index in [9.17, 15) is 9.59 Å². The summed E-state index contributed by atoms with van der Waals surface area (Å²) in [5.74, 6) is -1.05. The second kappa shape index (κ2) is 8.45. The Hall–Kier alpha value is -2.18. The van der Waals surface area contributed by atoms with Crippen LogP contribution in [0.15, 0.2) is 35.0 Å². The van der Waals surface area contributed by atoms with Gasteiger partial charge in [-0.3, -0.25) is 0 Å². The van der Waals surface area contributed by atoms with E-state index in [0.29, 0.717) is 11.1 Å². The summed E-state index contributed by atoms with van der Waals surface area (Å²) >= 11 is 3.17. The molecule has 1 aliphatic heterocycles. The molecule has 0 saturated carbocycles. The molecule has 28 heavy (non-hydrogen) atoms. The molecule has 4 nitrogen and oxygen atoms in total. The summed E-state index contributed by atoms with van der Waals surface area (Å²) in [6, 6.07) is 7.96. The van der Waals surface area contributed by atoms with Gasteiger partial charge < -0.3 is 9.30 Å². The van der Waals surface area contributed by atoms with Crippen molar-refractivity contribution >= 4 is 34.6 Å². The quantitative estimate of drug-likeness (QED) is 0.225. The van der Waals surface area contributed by atoms with Crippen LogP contribution < -0.4 is 0 Å². The van der Waals surface area contributed by atoms with E-state index in [2.05, 4.69) is 11.5 Å². The number of esters is 2. The minimum Gasteiger partial charge on any atom is -0.386 e. The molecule has 0 saturated heterocycles. The number of fused-ring (bicyclic) bond motifs is 1. The lowest BCUT2D eigenvalue weighted by Gasteiger charge is -2.14. The van der Waals surface area contributed by atoms with Crippen LogP contribution in [0, 0.1) is 0 Å². The summed E-state index contributed by atoms with van der Waals surface area (Å²) in [7, 11) is 0. The average molecular weight is 414 g/mol. The summed E-state index contributed by atoms with van der Waals surface area (Å²) in [5, 5.41) is 3.99. The van der Waals surface area contributed by atoms with Crippen molar-refractivity contribution in [1.82, 2.24) is 4.57 Å². The molecule has 0 N–H and O–H groups in total. The molecule has 146 valence electrons. The molecular weight excluding hydrogens is 390 g/mol. The second-order valence-corrected chi connectivity index (χ2v) is 8.89. The van der Waals surface area contributed by atoms with E-state index in [1.54, 1.807) is 22.7 Å². The Bertz CT molecular complexity index is 899. The molecule has 0 amide bonds. The lowest BCUT2D eigenvalue weighted by Crippen LogP contribution is -2.08. The zero-order valence-corrected chi connectivity index (χ0v) is 17.5. The van der Waals surface area contributed by atoms with Gasteiger partial charge in [0.25, 0.3) is 0 Å². The van der Waals surface area contributed by atoms with Gasteiger partial charge in [-0.05, 0) is 29.3 Å². The van der Waals surface area contributed by atoms with Crippen LogP contribution in [0.1, 0.15) is 66.2 Å². The minimum absolute atomic E-state index is 0.432.